The van der Waals surface area contributed by atoms with Gasteiger partial charge in [0, 0.05) is 19.3 Å². The Bertz CT molecular complexity index is 681. The first-order valence-corrected chi connectivity index (χ1v) is 7.21. The van der Waals surface area contributed by atoms with Crippen LogP contribution in [0.2, 0.25) is 0 Å². The van der Waals surface area contributed by atoms with Gasteiger partial charge in [-0.15, -0.1) is 0 Å². The minimum atomic E-state index is -0.279. The second-order valence-corrected chi connectivity index (χ2v) is 5.43. The van der Waals surface area contributed by atoms with E-state index in [4.69, 9.17) is 4.74 Å². The molecule has 1 aromatic heterocycles. The van der Waals surface area contributed by atoms with Crippen LogP contribution in [0.4, 0.5) is 4.39 Å². The standard InChI is InChI=1S/C16H18FN3O2/c1-11-14(9-18-19(11)2)16(21)20-7-8-22-15(10-20)12-3-5-13(17)6-4-12/h3-6,9,15H,7-8,10H2,1-2H3/t15-/m0/s1. The minimum absolute atomic E-state index is 0.0407. The molecule has 0 radical (unpaired) electrons. The molecule has 0 saturated carbocycles. The van der Waals surface area contributed by atoms with Crippen molar-refractivity contribution in [2.45, 2.75) is 13.0 Å². The Kier molecular flexibility index (Phi) is 3.94. The van der Waals surface area contributed by atoms with Crippen LogP contribution in [-0.2, 0) is 11.8 Å². The van der Waals surface area contributed by atoms with Crippen LogP contribution >= 0.6 is 0 Å². The van der Waals surface area contributed by atoms with Crippen molar-refractivity contribution >= 4 is 5.91 Å². The Morgan fingerprint density at radius 2 is 2.09 bits per heavy atom. The Morgan fingerprint density at radius 1 is 1.36 bits per heavy atom. The fourth-order valence-corrected chi connectivity index (χ4v) is 2.59. The fourth-order valence-electron chi connectivity index (χ4n) is 2.59. The summed E-state index contributed by atoms with van der Waals surface area (Å²) in [5.41, 5.74) is 2.33. The molecule has 1 aliphatic rings. The van der Waals surface area contributed by atoms with E-state index in [0.29, 0.717) is 25.3 Å². The third kappa shape index (κ3) is 2.74. The Morgan fingerprint density at radius 3 is 2.73 bits per heavy atom. The summed E-state index contributed by atoms with van der Waals surface area (Å²) in [5.74, 6) is -0.320. The molecule has 1 aliphatic heterocycles. The first kappa shape index (κ1) is 14.7. The van der Waals surface area contributed by atoms with Crippen molar-refractivity contribution in [1.82, 2.24) is 14.7 Å². The first-order valence-electron chi connectivity index (χ1n) is 7.21. The van der Waals surface area contributed by atoms with Crippen LogP contribution in [0.5, 0.6) is 0 Å². The topological polar surface area (TPSA) is 47.4 Å². The van der Waals surface area contributed by atoms with Gasteiger partial charge in [-0.3, -0.25) is 9.48 Å². The van der Waals surface area contributed by atoms with E-state index in [1.807, 2.05) is 14.0 Å². The van der Waals surface area contributed by atoms with Gasteiger partial charge in [-0.2, -0.15) is 5.10 Å². The van der Waals surface area contributed by atoms with Crippen LogP contribution < -0.4 is 0 Å². The number of halogens is 1. The number of hydrogen-bond donors (Lipinski definition) is 0. The maximum Gasteiger partial charge on any atom is 0.257 e. The monoisotopic (exact) mass is 303 g/mol. The van der Waals surface area contributed by atoms with Crippen LogP contribution in [0.1, 0.15) is 27.7 Å². The zero-order valence-electron chi connectivity index (χ0n) is 12.6. The number of ether oxygens (including phenoxy) is 1. The highest BCUT2D eigenvalue weighted by Crippen LogP contribution is 2.24. The number of morpholine rings is 1. The number of amides is 1. The molecule has 1 atom stereocenters. The predicted molar refractivity (Wildman–Crippen MR) is 78.9 cm³/mol. The molecule has 0 N–H and O–H groups in total. The maximum absolute atomic E-state index is 13.0. The molecular formula is C16H18FN3O2. The molecule has 0 bridgehead atoms. The number of aromatic nitrogens is 2. The van der Waals surface area contributed by atoms with Gasteiger partial charge in [0.2, 0.25) is 0 Å². The molecule has 116 valence electrons. The van der Waals surface area contributed by atoms with Crippen molar-refractivity contribution in [3.05, 3.63) is 53.1 Å². The van der Waals surface area contributed by atoms with Gasteiger partial charge in [0.25, 0.3) is 5.91 Å². The summed E-state index contributed by atoms with van der Waals surface area (Å²) in [6, 6.07) is 6.21. The number of rotatable bonds is 2. The molecule has 0 spiro atoms. The van der Waals surface area contributed by atoms with E-state index in [0.717, 1.165) is 11.3 Å². The number of aryl methyl sites for hydroxylation is 1. The molecule has 3 rings (SSSR count). The Labute approximate surface area is 128 Å². The molecule has 0 unspecified atom stereocenters. The molecule has 1 amide bonds. The minimum Gasteiger partial charge on any atom is -0.370 e. The molecule has 2 aromatic rings. The Balaban J connectivity index is 1.76. The lowest BCUT2D eigenvalue weighted by atomic mass is 10.1. The lowest BCUT2D eigenvalue weighted by Gasteiger charge is -2.33. The lowest BCUT2D eigenvalue weighted by Crippen LogP contribution is -2.42. The molecule has 22 heavy (non-hydrogen) atoms. The highest BCUT2D eigenvalue weighted by Gasteiger charge is 2.27. The zero-order valence-corrected chi connectivity index (χ0v) is 12.6. The number of carbonyl (C=O) groups is 1. The van der Waals surface area contributed by atoms with Crippen molar-refractivity contribution in [2.24, 2.45) is 7.05 Å². The molecular weight excluding hydrogens is 285 g/mol. The van der Waals surface area contributed by atoms with Crippen molar-refractivity contribution in [1.29, 1.82) is 0 Å². The molecule has 1 aromatic carbocycles. The summed E-state index contributed by atoms with van der Waals surface area (Å²) in [7, 11) is 1.81. The largest absolute Gasteiger partial charge is 0.370 e. The van der Waals surface area contributed by atoms with Gasteiger partial charge in [-0.05, 0) is 24.6 Å². The van der Waals surface area contributed by atoms with Gasteiger partial charge in [0.05, 0.1) is 24.9 Å². The van der Waals surface area contributed by atoms with E-state index in [1.165, 1.54) is 12.1 Å². The number of benzene rings is 1. The van der Waals surface area contributed by atoms with Crippen LogP contribution in [0.3, 0.4) is 0 Å². The van der Waals surface area contributed by atoms with E-state index < -0.39 is 0 Å². The molecule has 5 nitrogen and oxygen atoms in total. The van der Waals surface area contributed by atoms with Crippen LogP contribution in [-0.4, -0.2) is 40.3 Å². The van der Waals surface area contributed by atoms with E-state index in [1.54, 1.807) is 27.9 Å². The average Bonchev–Trinajstić information content (AvgIpc) is 2.87. The molecule has 1 fully saturated rings. The van der Waals surface area contributed by atoms with Crippen molar-refractivity contribution < 1.29 is 13.9 Å². The van der Waals surface area contributed by atoms with Crippen molar-refractivity contribution in [3.63, 3.8) is 0 Å². The predicted octanol–water partition coefficient (Wildman–Crippen LogP) is 2.08. The quantitative estimate of drug-likeness (QED) is 0.853. The third-order valence-electron chi connectivity index (χ3n) is 4.06. The van der Waals surface area contributed by atoms with Gasteiger partial charge in [0.15, 0.2) is 0 Å². The van der Waals surface area contributed by atoms with Gasteiger partial charge < -0.3 is 9.64 Å². The fraction of sp³-hybridized carbons (Fsp3) is 0.375. The molecule has 6 heteroatoms. The summed E-state index contributed by atoms with van der Waals surface area (Å²) < 4.78 is 20.4. The van der Waals surface area contributed by atoms with E-state index >= 15 is 0 Å². The normalized spacial score (nSPS) is 18.5. The van der Waals surface area contributed by atoms with E-state index in [-0.39, 0.29) is 17.8 Å². The maximum atomic E-state index is 13.0. The van der Waals surface area contributed by atoms with Gasteiger partial charge >= 0.3 is 0 Å². The summed E-state index contributed by atoms with van der Waals surface area (Å²) in [6.45, 7) is 3.34. The average molecular weight is 303 g/mol. The SMILES string of the molecule is Cc1c(C(=O)N2CCO[C@H](c3ccc(F)cc3)C2)cnn1C. The highest BCUT2D eigenvalue weighted by atomic mass is 19.1. The zero-order chi connectivity index (χ0) is 15.7. The summed E-state index contributed by atoms with van der Waals surface area (Å²) in [5, 5.41) is 4.12. The van der Waals surface area contributed by atoms with E-state index in [2.05, 4.69) is 5.10 Å². The molecule has 2 heterocycles. The van der Waals surface area contributed by atoms with Gasteiger partial charge in [0.1, 0.15) is 11.9 Å². The highest BCUT2D eigenvalue weighted by molar-refractivity contribution is 5.95. The van der Waals surface area contributed by atoms with Crippen LogP contribution in [0.15, 0.2) is 30.5 Å². The Hall–Kier alpha value is -2.21. The summed E-state index contributed by atoms with van der Waals surface area (Å²) in [6.07, 6.45) is 1.37. The second kappa shape index (κ2) is 5.88. The molecule has 1 saturated heterocycles. The van der Waals surface area contributed by atoms with Crippen LogP contribution in [0.25, 0.3) is 0 Å². The van der Waals surface area contributed by atoms with Crippen molar-refractivity contribution in [2.75, 3.05) is 19.7 Å². The summed E-state index contributed by atoms with van der Waals surface area (Å²) in [4.78, 5) is 14.4. The molecule has 0 aliphatic carbocycles. The first-order chi connectivity index (χ1) is 10.6. The third-order valence-corrected chi connectivity index (χ3v) is 4.06. The number of carbonyl (C=O) groups excluding carboxylic acids is 1. The number of nitrogens with zero attached hydrogens (tertiary/aromatic N) is 3. The smallest absolute Gasteiger partial charge is 0.257 e. The second-order valence-electron chi connectivity index (χ2n) is 5.43. The van der Waals surface area contributed by atoms with E-state index in [9.17, 15) is 9.18 Å². The summed E-state index contributed by atoms with van der Waals surface area (Å²) >= 11 is 0. The lowest BCUT2D eigenvalue weighted by molar-refractivity contribution is -0.0228. The van der Waals surface area contributed by atoms with Gasteiger partial charge in [-0.25, -0.2) is 4.39 Å². The van der Waals surface area contributed by atoms with Gasteiger partial charge in [-0.1, -0.05) is 12.1 Å². The van der Waals surface area contributed by atoms with Crippen LogP contribution in [0, 0.1) is 12.7 Å². The van der Waals surface area contributed by atoms with Crippen molar-refractivity contribution in [3.8, 4) is 0 Å². The number of hydrogen-bond acceptors (Lipinski definition) is 3.